The molecule has 0 atom stereocenters. The largest absolute Gasteiger partial charge is 0.496 e. The first-order chi connectivity index (χ1) is 12.0. The van der Waals surface area contributed by atoms with Gasteiger partial charge in [0.15, 0.2) is 11.5 Å². The number of carbonyl (C=O) groups excluding carboxylic acids is 1. The van der Waals surface area contributed by atoms with E-state index in [2.05, 4.69) is 10.5 Å². The Morgan fingerprint density at radius 1 is 1.04 bits per heavy atom. The fourth-order valence-electron chi connectivity index (χ4n) is 2.17. The first-order valence-corrected chi connectivity index (χ1v) is 7.86. The SMILES string of the molecule is COc1cc(/C=N/NC(=O)c2ccccc2OC)ccc1OC(C)C. The van der Waals surface area contributed by atoms with Gasteiger partial charge in [0.25, 0.3) is 5.91 Å². The molecular weight excluding hydrogens is 320 g/mol. The highest BCUT2D eigenvalue weighted by molar-refractivity contribution is 5.97. The van der Waals surface area contributed by atoms with Gasteiger partial charge in [-0.2, -0.15) is 5.10 Å². The number of nitrogens with zero attached hydrogens (tertiary/aromatic N) is 1. The maximum absolute atomic E-state index is 12.2. The van der Waals surface area contributed by atoms with Crippen molar-refractivity contribution in [2.24, 2.45) is 5.10 Å². The van der Waals surface area contributed by atoms with E-state index in [1.807, 2.05) is 26.0 Å². The number of para-hydroxylation sites is 1. The molecule has 0 aromatic heterocycles. The van der Waals surface area contributed by atoms with Crippen LogP contribution in [-0.4, -0.2) is 32.4 Å². The van der Waals surface area contributed by atoms with Crippen molar-refractivity contribution >= 4 is 12.1 Å². The van der Waals surface area contributed by atoms with E-state index >= 15 is 0 Å². The minimum absolute atomic E-state index is 0.0496. The molecule has 2 aromatic carbocycles. The number of rotatable bonds is 7. The van der Waals surface area contributed by atoms with Crippen molar-refractivity contribution in [3.63, 3.8) is 0 Å². The molecule has 0 unspecified atom stereocenters. The average Bonchev–Trinajstić information content (AvgIpc) is 2.62. The summed E-state index contributed by atoms with van der Waals surface area (Å²) in [6.45, 7) is 3.89. The van der Waals surface area contributed by atoms with Gasteiger partial charge >= 0.3 is 0 Å². The molecule has 2 rings (SSSR count). The van der Waals surface area contributed by atoms with E-state index < -0.39 is 0 Å². The Balaban J connectivity index is 2.08. The standard InChI is InChI=1S/C19H22N2O4/c1-13(2)25-17-10-9-14(11-18(17)24-4)12-20-21-19(22)15-7-5-6-8-16(15)23-3/h5-13H,1-4H3,(H,21,22)/b20-12+. The summed E-state index contributed by atoms with van der Waals surface area (Å²) in [5.74, 6) is 1.41. The maximum atomic E-state index is 12.2. The second kappa shape index (κ2) is 8.73. The molecule has 0 aliphatic rings. The Bertz CT molecular complexity index is 757. The number of amides is 1. The molecule has 132 valence electrons. The highest BCUT2D eigenvalue weighted by Gasteiger charge is 2.10. The third-order valence-corrected chi connectivity index (χ3v) is 3.28. The van der Waals surface area contributed by atoms with Crippen LogP contribution < -0.4 is 19.6 Å². The number of ether oxygens (including phenoxy) is 3. The summed E-state index contributed by atoms with van der Waals surface area (Å²) < 4.78 is 16.2. The molecular formula is C19H22N2O4. The second-order valence-corrected chi connectivity index (χ2v) is 5.48. The number of hydrogen-bond acceptors (Lipinski definition) is 5. The van der Waals surface area contributed by atoms with Crippen molar-refractivity contribution in [1.29, 1.82) is 0 Å². The third-order valence-electron chi connectivity index (χ3n) is 3.28. The lowest BCUT2D eigenvalue weighted by Crippen LogP contribution is -2.18. The van der Waals surface area contributed by atoms with Crippen molar-refractivity contribution in [2.75, 3.05) is 14.2 Å². The van der Waals surface area contributed by atoms with Gasteiger partial charge in [-0.05, 0) is 49.7 Å². The van der Waals surface area contributed by atoms with E-state index in [0.29, 0.717) is 22.8 Å². The van der Waals surface area contributed by atoms with Crippen molar-refractivity contribution in [3.05, 3.63) is 53.6 Å². The van der Waals surface area contributed by atoms with Crippen molar-refractivity contribution in [3.8, 4) is 17.2 Å². The van der Waals surface area contributed by atoms with Gasteiger partial charge in [-0.3, -0.25) is 4.79 Å². The second-order valence-electron chi connectivity index (χ2n) is 5.48. The van der Waals surface area contributed by atoms with Crippen LogP contribution in [-0.2, 0) is 0 Å². The van der Waals surface area contributed by atoms with Crippen LogP contribution in [0.2, 0.25) is 0 Å². The number of benzene rings is 2. The molecule has 0 saturated heterocycles. The minimum Gasteiger partial charge on any atom is -0.496 e. The van der Waals surface area contributed by atoms with E-state index in [0.717, 1.165) is 5.56 Å². The zero-order chi connectivity index (χ0) is 18.2. The summed E-state index contributed by atoms with van der Waals surface area (Å²) >= 11 is 0. The molecule has 0 spiro atoms. The summed E-state index contributed by atoms with van der Waals surface area (Å²) in [5.41, 5.74) is 3.67. The number of hydrazone groups is 1. The Hall–Kier alpha value is -3.02. The van der Waals surface area contributed by atoms with Crippen molar-refractivity contribution in [2.45, 2.75) is 20.0 Å². The topological polar surface area (TPSA) is 69.2 Å². The summed E-state index contributed by atoms with van der Waals surface area (Å²) in [6.07, 6.45) is 1.59. The van der Waals surface area contributed by atoms with Crippen LogP contribution in [0, 0.1) is 0 Å². The fraction of sp³-hybridized carbons (Fsp3) is 0.263. The van der Waals surface area contributed by atoms with Crippen LogP contribution in [0.15, 0.2) is 47.6 Å². The van der Waals surface area contributed by atoms with Gasteiger partial charge in [0, 0.05) is 0 Å². The zero-order valence-corrected chi connectivity index (χ0v) is 14.8. The molecule has 6 heteroatoms. The molecule has 2 aromatic rings. The summed E-state index contributed by atoms with van der Waals surface area (Å²) in [7, 11) is 3.09. The van der Waals surface area contributed by atoms with Crippen molar-refractivity contribution in [1.82, 2.24) is 5.43 Å². The van der Waals surface area contributed by atoms with Gasteiger partial charge in [-0.1, -0.05) is 12.1 Å². The number of hydrogen-bond donors (Lipinski definition) is 1. The molecule has 0 fully saturated rings. The van der Waals surface area contributed by atoms with Crippen LogP contribution in [0.25, 0.3) is 0 Å². The summed E-state index contributed by atoms with van der Waals surface area (Å²) in [6, 6.07) is 12.4. The molecule has 1 amide bonds. The number of carbonyl (C=O) groups is 1. The fourth-order valence-corrected chi connectivity index (χ4v) is 2.17. The lowest BCUT2D eigenvalue weighted by Gasteiger charge is -2.13. The van der Waals surface area contributed by atoms with Gasteiger partial charge < -0.3 is 14.2 Å². The lowest BCUT2D eigenvalue weighted by molar-refractivity contribution is 0.0952. The monoisotopic (exact) mass is 342 g/mol. The highest BCUT2D eigenvalue weighted by atomic mass is 16.5. The van der Waals surface area contributed by atoms with Crippen LogP contribution in [0.4, 0.5) is 0 Å². The van der Waals surface area contributed by atoms with E-state index in [4.69, 9.17) is 14.2 Å². The van der Waals surface area contributed by atoms with E-state index in [9.17, 15) is 4.79 Å². The normalized spacial score (nSPS) is 10.8. The molecule has 6 nitrogen and oxygen atoms in total. The van der Waals surface area contributed by atoms with E-state index in [-0.39, 0.29) is 12.0 Å². The summed E-state index contributed by atoms with van der Waals surface area (Å²) in [4.78, 5) is 12.2. The van der Waals surface area contributed by atoms with E-state index in [1.54, 1.807) is 37.4 Å². The minimum atomic E-state index is -0.347. The summed E-state index contributed by atoms with van der Waals surface area (Å²) in [5, 5.41) is 3.98. The van der Waals surface area contributed by atoms with Crippen LogP contribution >= 0.6 is 0 Å². The number of nitrogens with one attached hydrogen (secondary N) is 1. The lowest BCUT2D eigenvalue weighted by atomic mass is 10.2. The molecule has 0 bridgehead atoms. The van der Waals surface area contributed by atoms with Gasteiger partial charge in [0.2, 0.25) is 0 Å². The molecule has 0 radical (unpaired) electrons. The van der Waals surface area contributed by atoms with Gasteiger partial charge in [-0.25, -0.2) is 5.43 Å². The zero-order valence-electron chi connectivity index (χ0n) is 14.8. The van der Waals surface area contributed by atoms with Crippen LogP contribution in [0.3, 0.4) is 0 Å². The molecule has 0 aliphatic heterocycles. The van der Waals surface area contributed by atoms with Gasteiger partial charge in [-0.15, -0.1) is 0 Å². The molecule has 0 saturated carbocycles. The predicted molar refractivity (Wildman–Crippen MR) is 96.8 cm³/mol. The van der Waals surface area contributed by atoms with Crippen molar-refractivity contribution < 1.29 is 19.0 Å². The molecule has 25 heavy (non-hydrogen) atoms. The Labute approximate surface area is 147 Å². The van der Waals surface area contributed by atoms with Gasteiger partial charge in [0.05, 0.1) is 32.1 Å². The van der Waals surface area contributed by atoms with Crippen LogP contribution in [0.5, 0.6) is 17.2 Å². The van der Waals surface area contributed by atoms with Crippen LogP contribution in [0.1, 0.15) is 29.8 Å². The third kappa shape index (κ3) is 4.97. The average molecular weight is 342 g/mol. The number of methoxy groups -OCH3 is 2. The maximum Gasteiger partial charge on any atom is 0.275 e. The van der Waals surface area contributed by atoms with E-state index in [1.165, 1.54) is 13.3 Å². The van der Waals surface area contributed by atoms with Gasteiger partial charge in [0.1, 0.15) is 5.75 Å². The first kappa shape index (κ1) is 18.3. The smallest absolute Gasteiger partial charge is 0.275 e. The Morgan fingerprint density at radius 2 is 1.76 bits per heavy atom. The highest BCUT2D eigenvalue weighted by Crippen LogP contribution is 2.28. The molecule has 1 N–H and O–H groups in total. The predicted octanol–water partition coefficient (Wildman–Crippen LogP) is 3.25. The molecule has 0 heterocycles. The Kier molecular flexibility index (Phi) is 6.39. The first-order valence-electron chi connectivity index (χ1n) is 7.86. The quantitative estimate of drug-likeness (QED) is 0.619. The molecule has 0 aliphatic carbocycles. The Morgan fingerprint density at radius 3 is 2.44 bits per heavy atom.